The van der Waals surface area contributed by atoms with Crippen molar-refractivity contribution >= 4 is 11.9 Å². The van der Waals surface area contributed by atoms with Crippen LogP contribution in [0, 0.1) is 5.92 Å². The van der Waals surface area contributed by atoms with Gasteiger partial charge < -0.3 is 24.2 Å². The van der Waals surface area contributed by atoms with Crippen molar-refractivity contribution in [3.8, 4) is 11.5 Å². The number of carboxylic acid groups (broad SMARTS) is 1. The lowest BCUT2D eigenvalue weighted by atomic mass is 10.1. The number of nitrogens with zero attached hydrogens (tertiary/aromatic N) is 1. The first-order valence-electron chi connectivity index (χ1n) is 8.63. The zero-order valence-electron chi connectivity index (χ0n) is 13.8. The van der Waals surface area contributed by atoms with Gasteiger partial charge in [0, 0.05) is 12.5 Å². The summed E-state index contributed by atoms with van der Waals surface area (Å²) in [6.45, 7) is 2.30. The standard InChI is InChI=1S/C18H21NO6/c20-17(21)8-12-10-23-4-3-19(12)18(22)14-9-13(14)11-1-2-15-16(7-11)25-6-5-24-15/h1-2,7,12-14H,3-6,8-10H2,(H,20,21). The molecular weight excluding hydrogens is 326 g/mol. The van der Waals surface area contributed by atoms with Crippen molar-refractivity contribution in [2.45, 2.75) is 24.8 Å². The molecule has 0 spiro atoms. The second-order valence-corrected chi connectivity index (χ2v) is 6.71. The van der Waals surface area contributed by atoms with Crippen LogP contribution in [-0.2, 0) is 14.3 Å². The van der Waals surface area contributed by atoms with Crippen LogP contribution in [0.5, 0.6) is 11.5 Å². The van der Waals surface area contributed by atoms with Crippen LogP contribution in [-0.4, -0.2) is 60.9 Å². The largest absolute Gasteiger partial charge is 0.486 e. The van der Waals surface area contributed by atoms with Crippen LogP contribution in [0.15, 0.2) is 18.2 Å². The lowest BCUT2D eigenvalue weighted by Gasteiger charge is -2.35. The van der Waals surface area contributed by atoms with Gasteiger partial charge in [-0.05, 0) is 30.0 Å². The molecule has 7 nitrogen and oxygen atoms in total. The summed E-state index contributed by atoms with van der Waals surface area (Å²) < 4.78 is 16.5. The molecule has 0 radical (unpaired) electrons. The number of carboxylic acids is 1. The molecule has 1 aromatic rings. The number of ether oxygens (including phenoxy) is 3. The van der Waals surface area contributed by atoms with Crippen molar-refractivity contribution in [3.05, 3.63) is 23.8 Å². The van der Waals surface area contributed by atoms with E-state index in [0.29, 0.717) is 33.0 Å². The fourth-order valence-electron chi connectivity index (χ4n) is 3.66. The number of carbonyl (C=O) groups excluding carboxylic acids is 1. The summed E-state index contributed by atoms with van der Waals surface area (Å²) >= 11 is 0. The van der Waals surface area contributed by atoms with Crippen LogP contribution < -0.4 is 9.47 Å². The first-order valence-corrected chi connectivity index (χ1v) is 8.63. The van der Waals surface area contributed by atoms with Gasteiger partial charge in [0.15, 0.2) is 11.5 Å². The number of rotatable bonds is 4. The molecule has 1 saturated carbocycles. The molecule has 7 heteroatoms. The van der Waals surface area contributed by atoms with Crippen LogP contribution in [0.25, 0.3) is 0 Å². The molecule has 0 bridgehead atoms. The highest BCUT2D eigenvalue weighted by Crippen LogP contribution is 2.50. The molecule has 0 aromatic heterocycles. The van der Waals surface area contributed by atoms with Crippen molar-refractivity contribution in [2.75, 3.05) is 33.0 Å². The van der Waals surface area contributed by atoms with Gasteiger partial charge in [0.25, 0.3) is 0 Å². The lowest BCUT2D eigenvalue weighted by Crippen LogP contribution is -2.50. The molecule has 3 unspecified atom stereocenters. The van der Waals surface area contributed by atoms with E-state index in [-0.39, 0.29) is 30.2 Å². The number of fused-ring (bicyclic) bond motifs is 1. The Labute approximate surface area is 145 Å². The van der Waals surface area contributed by atoms with Gasteiger partial charge in [0.05, 0.1) is 25.7 Å². The second kappa shape index (κ2) is 6.55. The molecule has 2 heterocycles. The summed E-state index contributed by atoms with van der Waals surface area (Å²) in [5, 5.41) is 9.04. The van der Waals surface area contributed by atoms with E-state index in [2.05, 4.69) is 0 Å². The molecule has 2 aliphatic heterocycles. The van der Waals surface area contributed by atoms with E-state index in [9.17, 15) is 9.59 Å². The monoisotopic (exact) mass is 347 g/mol. The van der Waals surface area contributed by atoms with E-state index in [4.69, 9.17) is 19.3 Å². The number of benzene rings is 1. The van der Waals surface area contributed by atoms with E-state index in [0.717, 1.165) is 23.5 Å². The van der Waals surface area contributed by atoms with Crippen LogP contribution >= 0.6 is 0 Å². The van der Waals surface area contributed by atoms with E-state index in [1.807, 2.05) is 18.2 Å². The second-order valence-electron chi connectivity index (χ2n) is 6.71. The average molecular weight is 347 g/mol. The molecule has 25 heavy (non-hydrogen) atoms. The molecule has 1 saturated heterocycles. The van der Waals surface area contributed by atoms with Crippen LogP contribution in [0.4, 0.5) is 0 Å². The molecule has 3 aliphatic rings. The molecule has 1 aromatic carbocycles. The summed E-state index contributed by atoms with van der Waals surface area (Å²) in [7, 11) is 0. The molecule has 1 N–H and O–H groups in total. The summed E-state index contributed by atoms with van der Waals surface area (Å²) in [5.41, 5.74) is 1.07. The molecular formula is C18H21NO6. The van der Waals surface area contributed by atoms with Crippen molar-refractivity contribution in [2.24, 2.45) is 5.92 Å². The Hall–Kier alpha value is -2.28. The third-order valence-corrected chi connectivity index (χ3v) is 5.02. The molecule has 4 rings (SSSR count). The summed E-state index contributed by atoms with van der Waals surface area (Å²) in [4.78, 5) is 25.6. The van der Waals surface area contributed by atoms with E-state index >= 15 is 0 Å². The van der Waals surface area contributed by atoms with Gasteiger partial charge in [-0.3, -0.25) is 9.59 Å². The predicted molar refractivity (Wildman–Crippen MR) is 86.9 cm³/mol. The Balaban J connectivity index is 1.45. The molecule has 1 amide bonds. The van der Waals surface area contributed by atoms with E-state index < -0.39 is 5.97 Å². The van der Waals surface area contributed by atoms with Crippen LogP contribution in [0.1, 0.15) is 24.3 Å². The van der Waals surface area contributed by atoms with Gasteiger partial charge in [-0.1, -0.05) is 6.07 Å². The maximum Gasteiger partial charge on any atom is 0.305 e. The summed E-state index contributed by atoms with van der Waals surface area (Å²) in [5.74, 6) is 0.681. The SMILES string of the molecule is O=C(O)CC1COCCN1C(=O)C1CC1c1ccc2c(c1)OCCO2. The normalized spacial score (nSPS) is 27.7. The third kappa shape index (κ3) is 3.28. The Morgan fingerprint density at radius 3 is 2.76 bits per heavy atom. The Morgan fingerprint density at radius 1 is 1.16 bits per heavy atom. The number of hydrogen-bond donors (Lipinski definition) is 1. The van der Waals surface area contributed by atoms with Gasteiger partial charge in [0.2, 0.25) is 5.91 Å². The number of hydrogen-bond acceptors (Lipinski definition) is 5. The Morgan fingerprint density at radius 2 is 1.96 bits per heavy atom. The topological polar surface area (TPSA) is 85.3 Å². The van der Waals surface area contributed by atoms with Crippen LogP contribution in [0.3, 0.4) is 0 Å². The van der Waals surface area contributed by atoms with Crippen LogP contribution in [0.2, 0.25) is 0 Å². The van der Waals surface area contributed by atoms with Crippen molar-refractivity contribution in [1.82, 2.24) is 4.90 Å². The van der Waals surface area contributed by atoms with E-state index in [1.54, 1.807) is 4.90 Å². The van der Waals surface area contributed by atoms with Gasteiger partial charge in [-0.2, -0.15) is 0 Å². The minimum absolute atomic E-state index is 0.0365. The quantitative estimate of drug-likeness (QED) is 0.883. The summed E-state index contributed by atoms with van der Waals surface area (Å²) in [6, 6.07) is 5.46. The highest BCUT2D eigenvalue weighted by molar-refractivity contribution is 5.84. The zero-order valence-corrected chi connectivity index (χ0v) is 13.8. The van der Waals surface area contributed by atoms with Crippen molar-refractivity contribution < 1.29 is 28.9 Å². The predicted octanol–water partition coefficient (Wildman–Crippen LogP) is 1.26. The first kappa shape index (κ1) is 16.2. The summed E-state index contributed by atoms with van der Waals surface area (Å²) in [6.07, 6.45) is 0.711. The molecule has 3 atom stereocenters. The fourth-order valence-corrected chi connectivity index (χ4v) is 3.66. The number of morpholine rings is 1. The van der Waals surface area contributed by atoms with Gasteiger partial charge in [-0.15, -0.1) is 0 Å². The molecule has 2 fully saturated rings. The number of carbonyl (C=O) groups is 2. The lowest BCUT2D eigenvalue weighted by molar-refractivity contribution is -0.147. The van der Waals surface area contributed by atoms with Crippen molar-refractivity contribution in [1.29, 1.82) is 0 Å². The number of aliphatic carboxylic acids is 1. The Kier molecular flexibility index (Phi) is 4.25. The highest BCUT2D eigenvalue weighted by Gasteiger charge is 2.47. The number of amides is 1. The third-order valence-electron chi connectivity index (χ3n) is 5.02. The average Bonchev–Trinajstić information content (AvgIpc) is 3.41. The molecule has 1 aliphatic carbocycles. The van der Waals surface area contributed by atoms with E-state index in [1.165, 1.54) is 0 Å². The maximum absolute atomic E-state index is 12.8. The first-order chi connectivity index (χ1) is 12.1. The highest BCUT2D eigenvalue weighted by atomic mass is 16.6. The maximum atomic E-state index is 12.8. The van der Waals surface area contributed by atoms with Gasteiger partial charge in [0.1, 0.15) is 13.2 Å². The van der Waals surface area contributed by atoms with Gasteiger partial charge >= 0.3 is 5.97 Å². The molecule has 134 valence electrons. The Bertz CT molecular complexity index is 690. The minimum atomic E-state index is -0.910. The van der Waals surface area contributed by atoms with Gasteiger partial charge in [-0.25, -0.2) is 0 Å². The zero-order chi connectivity index (χ0) is 17.4. The smallest absolute Gasteiger partial charge is 0.305 e. The van der Waals surface area contributed by atoms with Crippen molar-refractivity contribution in [3.63, 3.8) is 0 Å². The minimum Gasteiger partial charge on any atom is -0.486 e. The fraction of sp³-hybridized carbons (Fsp3) is 0.556.